The second-order valence-electron chi connectivity index (χ2n) is 4.77. The molecule has 0 aromatic carbocycles. The third-order valence-electron chi connectivity index (χ3n) is 3.30. The van der Waals surface area contributed by atoms with E-state index >= 15 is 0 Å². The van der Waals surface area contributed by atoms with Crippen molar-refractivity contribution in [3.63, 3.8) is 0 Å². The molecule has 0 aromatic rings. The van der Waals surface area contributed by atoms with Gasteiger partial charge >= 0.3 is 5.97 Å². The fourth-order valence-electron chi connectivity index (χ4n) is 2.17. The quantitative estimate of drug-likeness (QED) is 0.557. The van der Waals surface area contributed by atoms with Crippen LogP contribution < -0.4 is 5.32 Å². The molecule has 0 unspecified atom stereocenters. The number of aliphatic hydroxyl groups is 2. The molecule has 17 heavy (non-hydrogen) atoms. The predicted octanol–water partition coefficient (Wildman–Crippen LogP) is -0.958. The van der Waals surface area contributed by atoms with Gasteiger partial charge < -0.3 is 20.3 Å². The highest BCUT2D eigenvalue weighted by Gasteiger charge is 2.61. The minimum atomic E-state index is -1.76. The van der Waals surface area contributed by atoms with Crippen LogP contribution in [0.5, 0.6) is 0 Å². The summed E-state index contributed by atoms with van der Waals surface area (Å²) in [5.41, 5.74) is -1.76. The normalized spacial score (nSPS) is 34.6. The summed E-state index contributed by atoms with van der Waals surface area (Å²) in [4.78, 5) is 23.4. The number of aliphatic hydroxyl groups excluding tert-OH is 2. The van der Waals surface area contributed by atoms with E-state index in [0.29, 0.717) is 0 Å². The van der Waals surface area contributed by atoms with Gasteiger partial charge in [0.05, 0.1) is 19.1 Å². The summed E-state index contributed by atoms with van der Waals surface area (Å²) < 4.78 is 4.60. The third-order valence-corrected chi connectivity index (χ3v) is 3.30. The Balaban J connectivity index is 3.21. The summed E-state index contributed by atoms with van der Waals surface area (Å²) in [5.74, 6) is -2.37. The first-order chi connectivity index (χ1) is 7.78. The lowest BCUT2D eigenvalue weighted by molar-refractivity contribution is -0.162. The van der Waals surface area contributed by atoms with Gasteiger partial charge in [0.1, 0.15) is 6.10 Å². The number of nitrogens with one attached hydrogen (secondary N) is 1. The Morgan fingerprint density at radius 2 is 2.06 bits per heavy atom. The van der Waals surface area contributed by atoms with Gasteiger partial charge in [-0.3, -0.25) is 4.79 Å². The lowest BCUT2D eigenvalue weighted by Crippen LogP contribution is -2.65. The fourth-order valence-corrected chi connectivity index (χ4v) is 2.17. The van der Waals surface area contributed by atoms with Crippen molar-refractivity contribution < 1.29 is 24.5 Å². The number of carbonyl (C=O) groups excluding carboxylic acids is 2. The van der Waals surface area contributed by atoms with Crippen LogP contribution in [0.15, 0.2) is 0 Å². The number of hydrogen-bond acceptors (Lipinski definition) is 5. The van der Waals surface area contributed by atoms with Crippen LogP contribution in [0.3, 0.4) is 0 Å². The van der Waals surface area contributed by atoms with E-state index in [-0.39, 0.29) is 5.92 Å². The van der Waals surface area contributed by atoms with Crippen LogP contribution in [0.1, 0.15) is 20.8 Å². The molecule has 98 valence electrons. The first kappa shape index (κ1) is 13.9. The summed E-state index contributed by atoms with van der Waals surface area (Å²) >= 11 is 0. The summed E-state index contributed by atoms with van der Waals surface area (Å²) in [5, 5.41) is 22.5. The third kappa shape index (κ3) is 1.91. The number of ether oxygens (including phenoxy) is 1. The zero-order chi connectivity index (χ0) is 13.4. The van der Waals surface area contributed by atoms with Crippen molar-refractivity contribution in [3.05, 3.63) is 0 Å². The highest BCUT2D eigenvalue weighted by Crippen LogP contribution is 2.33. The van der Waals surface area contributed by atoms with Gasteiger partial charge in [-0.1, -0.05) is 20.8 Å². The SMILES string of the molecule is COC(=O)[C@]1([C@@H](O)C(C)C)NC(=O)[C@H](C)[C@@H]1O. The molecule has 1 amide bonds. The van der Waals surface area contributed by atoms with Gasteiger partial charge in [0, 0.05) is 0 Å². The van der Waals surface area contributed by atoms with Gasteiger partial charge in [0.2, 0.25) is 5.91 Å². The maximum absolute atomic E-state index is 11.8. The summed E-state index contributed by atoms with van der Waals surface area (Å²) in [6.07, 6.45) is -2.52. The Morgan fingerprint density at radius 3 is 2.35 bits per heavy atom. The van der Waals surface area contributed by atoms with Crippen molar-refractivity contribution in [1.82, 2.24) is 5.32 Å². The van der Waals surface area contributed by atoms with Crippen molar-refractivity contribution in [2.75, 3.05) is 7.11 Å². The Morgan fingerprint density at radius 1 is 1.53 bits per heavy atom. The average Bonchev–Trinajstić information content (AvgIpc) is 2.52. The first-order valence-corrected chi connectivity index (χ1v) is 5.55. The molecule has 1 rings (SSSR count). The number of carbonyl (C=O) groups is 2. The van der Waals surface area contributed by atoms with Gasteiger partial charge in [0.25, 0.3) is 0 Å². The molecular formula is C11H19NO5. The van der Waals surface area contributed by atoms with E-state index in [1.807, 2.05) is 0 Å². The monoisotopic (exact) mass is 245 g/mol. The minimum absolute atomic E-state index is 0.311. The summed E-state index contributed by atoms with van der Waals surface area (Å²) in [7, 11) is 1.15. The molecule has 1 fully saturated rings. The average molecular weight is 245 g/mol. The van der Waals surface area contributed by atoms with Gasteiger partial charge in [0.15, 0.2) is 5.54 Å². The topological polar surface area (TPSA) is 95.9 Å². The van der Waals surface area contributed by atoms with Crippen LogP contribution in [0, 0.1) is 11.8 Å². The number of rotatable bonds is 3. The molecule has 6 nitrogen and oxygen atoms in total. The van der Waals surface area contributed by atoms with E-state index in [4.69, 9.17) is 0 Å². The van der Waals surface area contributed by atoms with Crippen LogP contribution >= 0.6 is 0 Å². The van der Waals surface area contributed by atoms with Gasteiger partial charge in [-0.05, 0) is 5.92 Å². The van der Waals surface area contributed by atoms with Crippen molar-refractivity contribution >= 4 is 11.9 Å². The molecule has 0 spiro atoms. The van der Waals surface area contributed by atoms with Crippen LogP contribution in [0.25, 0.3) is 0 Å². The summed E-state index contributed by atoms with van der Waals surface area (Å²) in [6.45, 7) is 4.88. The lowest BCUT2D eigenvalue weighted by atomic mass is 9.80. The zero-order valence-electron chi connectivity index (χ0n) is 10.4. The molecule has 0 aliphatic carbocycles. The molecule has 1 saturated heterocycles. The van der Waals surface area contributed by atoms with E-state index in [0.717, 1.165) is 7.11 Å². The van der Waals surface area contributed by atoms with Crippen LogP contribution in [-0.2, 0) is 14.3 Å². The Hall–Kier alpha value is -1.14. The maximum Gasteiger partial charge on any atom is 0.337 e. The van der Waals surface area contributed by atoms with Crippen molar-refractivity contribution in [2.45, 2.75) is 38.5 Å². The molecule has 1 aliphatic rings. The van der Waals surface area contributed by atoms with Crippen molar-refractivity contribution in [3.8, 4) is 0 Å². The van der Waals surface area contributed by atoms with Gasteiger partial charge in [-0.15, -0.1) is 0 Å². The number of hydrogen-bond donors (Lipinski definition) is 3. The number of methoxy groups -OCH3 is 1. The van der Waals surface area contributed by atoms with Gasteiger partial charge in [-0.25, -0.2) is 4.79 Å². The molecular weight excluding hydrogens is 226 g/mol. The van der Waals surface area contributed by atoms with E-state index < -0.39 is 35.5 Å². The van der Waals surface area contributed by atoms with Crippen molar-refractivity contribution in [1.29, 1.82) is 0 Å². The van der Waals surface area contributed by atoms with E-state index in [1.165, 1.54) is 6.92 Å². The second-order valence-corrected chi connectivity index (χ2v) is 4.77. The Labute approximate surface area is 100.0 Å². The Bertz CT molecular complexity index is 330. The van der Waals surface area contributed by atoms with Gasteiger partial charge in [-0.2, -0.15) is 0 Å². The molecule has 0 saturated carbocycles. The van der Waals surface area contributed by atoms with Crippen LogP contribution in [0.2, 0.25) is 0 Å². The first-order valence-electron chi connectivity index (χ1n) is 5.55. The smallest absolute Gasteiger partial charge is 0.337 e. The second kappa shape index (κ2) is 4.62. The molecule has 3 N–H and O–H groups in total. The number of amides is 1. The predicted molar refractivity (Wildman–Crippen MR) is 58.9 cm³/mol. The Kier molecular flexibility index (Phi) is 3.78. The van der Waals surface area contributed by atoms with E-state index in [9.17, 15) is 19.8 Å². The lowest BCUT2D eigenvalue weighted by Gasteiger charge is -2.36. The number of esters is 1. The highest BCUT2D eigenvalue weighted by molar-refractivity contribution is 5.95. The maximum atomic E-state index is 11.8. The molecule has 6 heteroatoms. The molecule has 0 bridgehead atoms. The highest BCUT2D eigenvalue weighted by atomic mass is 16.5. The van der Waals surface area contributed by atoms with Crippen LogP contribution in [0.4, 0.5) is 0 Å². The van der Waals surface area contributed by atoms with Crippen LogP contribution in [-0.4, -0.2) is 46.9 Å². The fraction of sp³-hybridized carbons (Fsp3) is 0.818. The van der Waals surface area contributed by atoms with E-state index in [2.05, 4.69) is 10.1 Å². The zero-order valence-corrected chi connectivity index (χ0v) is 10.4. The largest absolute Gasteiger partial charge is 0.467 e. The molecule has 1 aliphatic heterocycles. The molecule has 1 heterocycles. The minimum Gasteiger partial charge on any atom is -0.467 e. The molecule has 0 aromatic heterocycles. The summed E-state index contributed by atoms with van der Waals surface area (Å²) in [6, 6.07) is 0. The van der Waals surface area contributed by atoms with Crippen molar-refractivity contribution in [2.24, 2.45) is 11.8 Å². The molecule has 0 radical (unpaired) electrons. The molecule has 4 atom stereocenters. The standard InChI is InChI=1S/C11H19NO5/c1-5(2)7(13)11(10(16)17-4)8(14)6(3)9(15)12-11/h5-8,13-14H,1-4H3,(H,12,15)/t6-,7+,8+,11-/m1/s1. The van der Waals surface area contributed by atoms with E-state index in [1.54, 1.807) is 13.8 Å².